The topological polar surface area (TPSA) is 45.2 Å². The molecule has 6 heteroatoms. The number of amides is 1. The zero-order valence-corrected chi connectivity index (χ0v) is 17.4. The van der Waals surface area contributed by atoms with Crippen molar-refractivity contribution in [2.45, 2.75) is 69.5 Å². The van der Waals surface area contributed by atoms with Crippen LogP contribution in [0.15, 0.2) is 42.7 Å². The molecule has 1 amide bonds. The normalized spacial score (nSPS) is 24.2. The summed E-state index contributed by atoms with van der Waals surface area (Å²) in [5, 5.41) is 3.02. The third kappa shape index (κ3) is 3.73. The minimum absolute atomic E-state index is 0.213. The van der Waals surface area contributed by atoms with E-state index in [9.17, 15) is 13.6 Å². The standard InChI is InChI=1S/C24H29F2N3O/c1-2-3-7-14-29-18-10-12-24(29,13-11-18)22(17-8-5-4-6-9-17)28-23(30)21-19(25)15-27-16-20(21)26/h4-6,8-9,15-16,18,22H,2-3,7,10-14H2,1H3,(H,28,30). The first-order chi connectivity index (χ1) is 14.6. The van der Waals surface area contributed by atoms with Crippen molar-refractivity contribution < 1.29 is 13.6 Å². The minimum atomic E-state index is -0.938. The van der Waals surface area contributed by atoms with Gasteiger partial charge in [0.15, 0.2) is 11.6 Å². The number of carbonyl (C=O) groups excluding carboxylic acids is 1. The van der Waals surface area contributed by atoms with Crippen LogP contribution < -0.4 is 5.32 Å². The van der Waals surface area contributed by atoms with Crippen LogP contribution in [0, 0.1) is 11.6 Å². The van der Waals surface area contributed by atoms with E-state index in [1.807, 2.05) is 30.3 Å². The van der Waals surface area contributed by atoms with Gasteiger partial charge >= 0.3 is 0 Å². The lowest BCUT2D eigenvalue weighted by atomic mass is 9.78. The van der Waals surface area contributed by atoms with Gasteiger partial charge in [-0.25, -0.2) is 8.78 Å². The molecular formula is C24H29F2N3O. The number of benzene rings is 1. The van der Waals surface area contributed by atoms with Crippen LogP contribution in [0.2, 0.25) is 0 Å². The molecule has 2 aromatic rings. The van der Waals surface area contributed by atoms with Gasteiger partial charge in [0.1, 0.15) is 5.56 Å². The maximum Gasteiger partial charge on any atom is 0.257 e. The quantitative estimate of drug-likeness (QED) is 0.618. The van der Waals surface area contributed by atoms with E-state index < -0.39 is 23.1 Å². The van der Waals surface area contributed by atoms with Crippen LogP contribution in [0.5, 0.6) is 0 Å². The average molecular weight is 414 g/mol. The lowest BCUT2D eigenvalue weighted by Gasteiger charge is -2.42. The molecule has 4 nitrogen and oxygen atoms in total. The van der Waals surface area contributed by atoms with Crippen LogP contribution in [-0.4, -0.2) is 33.9 Å². The maximum atomic E-state index is 14.2. The van der Waals surface area contributed by atoms with Crippen molar-refractivity contribution in [2.75, 3.05) is 6.54 Å². The van der Waals surface area contributed by atoms with Crippen molar-refractivity contribution in [1.82, 2.24) is 15.2 Å². The Morgan fingerprint density at radius 2 is 1.83 bits per heavy atom. The van der Waals surface area contributed by atoms with Crippen molar-refractivity contribution >= 4 is 5.91 Å². The molecule has 1 atom stereocenters. The molecule has 1 unspecified atom stereocenters. The molecule has 0 saturated carbocycles. The lowest BCUT2D eigenvalue weighted by Crippen LogP contribution is -2.52. The van der Waals surface area contributed by atoms with E-state index in [0.717, 1.165) is 63.0 Å². The molecule has 0 aliphatic carbocycles. The molecule has 2 aliphatic rings. The summed E-state index contributed by atoms with van der Waals surface area (Å²) in [5.41, 5.74) is 0.200. The van der Waals surface area contributed by atoms with Gasteiger partial charge in [-0.05, 0) is 44.2 Å². The highest BCUT2D eigenvalue weighted by Gasteiger charge is 2.56. The van der Waals surface area contributed by atoms with E-state index in [0.29, 0.717) is 6.04 Å². The summed E-state index contributed by atoms with van der Waals surface area (Å²) in [6.45, 7) is 3.19. The number of aromatic nitrogens is 1. The number of halogens is 2. The van der Waals surface area contributed by atoms with E-state index in [4.69, 9.17) is 0 Å². The minimum Gasteiger partial charge on any atom is -0.343 e. The van der Waals surface area contributed by atoms with Gasteiger partial charge < -0.3 is 5.32 Å². The van der Waals surface area contributed by atoms with E-state index in [-0.39, 0.29) is 11.6 Å². The van der Waals surface area contributed by atoms with Crippen molar-refractivity contribution in [2.24, 2.45) is 0 Å². The molecule has 1 aromatic carbocycles. The molecule has 160 valence electrons. The number of nitrogens with one attached hydrogen (secondary N) is 1. The molecular weight excluding hydrogens is 384 g/mol. The lowest BCUT2D eigenvalue weighted by molar-refractivity contribution is 0.0769. The van der Waals surface area contributed by atoms with E-state index in [1.54, 1.807) is 0 Å². The zero-order valence-electron chi connectivity index (χ0n) is 17.4. The van der Waals surface area contributed by atoms with Crippen molar-refractivity contribution in [3.8, 4) is 0 Å². The number of fused-ring (bicyclic) bond motifs is 2. The second-order valence-corrected chi connectivity index (χ2v) is 8.53. The van der Waals surface area contributed by atoms with Gasteiger partial charge in [0.05, 0.1) is 18.4 Å². The van der Waals surface area contributed by atoms with Crippen LogP contribution in [0.3, 0.4) is 0 Å². The van der Waals surface area contributed by atoms with Crippen LogP contribution in [-0.2, 0) is 0 Å². The monoisotopic (exact) mass is 413 g/mol. The molecule has 2 fully saturated rings. The van der Waals surface area contributed by atoms with Gasteiger partial charge in [0.2, 0.25) is 0 Å². The molecule has 2 saturated heterocycles. The van der Waals surface area contributed by atoms with E-state index >= 15 is 0 Å². The summed E-state index contributed by atoms with van der Waals surface area (Å²) >= 11 is 0. The van der Waals surface area contributed by atoms with Crippen LogP contribution >= 0.6 is 0 Å². The van der Waals surface area contributed by atoms with Gasteiger partial charge in [0, 0.05) is 11.6 Å². The smallest absolute Gasteiger partial charge is 0.257 e. The molecule has 2 bridgehead atoms. The number of rotatable bonds is 8. The number of hydrogen-bond donors (Lipinski definition) is 1. The Balaban J connectivity index is 1.68. The molecule has 3 heterocycles. The highest BCUT2D eigenvalue weighted by Crippen LogP contribution is 2.52. The first-order valence-corrected chi connectivity index (χ1v) is 11.0. The Hall–Kier alpha value is -2.34. The predicted molar refractivity (Wildman–Crippen MR) is 112 cm³/mol. The van der Waals surface area contributed by atoms with Gasteiger partial charge in [-0.1, -0.05) is 50.1 Å². The van der Waals surface area contributed by atoms with Crippen LogP contribution in [0.25, 0.3) is 0 Å². The second-order valence-electron chi connectivity index (χ2n) is 8.53. The average Bonchev–Trinajstić information content (AvgIpc) is 3.28. The van der Waals surface area contributed by atoms with Gasteiger partial charge in [-0.15, -0.1) is 0 Å². The van der Waals surface area contributed by atoms with Crippen LogP contribution in [0.1, 0.15) is 73.8 Å². The Morgan fingerprint density at radius 3 is 2.47 bits per heavy atom. The third-order valence-corrected chi connectivity index (χ3v) is 6.86. The fourth-order valence-corrected chi connectivity index (χ4v) is 5.46. The molecule has 4 rings (SSSR count). The van der Waals surface area contributed by atoms with Gasteiger partial charge in [0.25, 0.3) is 5.91 Å². The number of hydrogen-bond acceptors (Lipinski definition) is 3. The molecule has 0 spiro atoms. The fraction of sp³-hybridized carbons (Fsp3) is 0.500. The van der Waals surface area contributed by atoms with Gasteiger partial charge in [-0.2, -0.15) is 0 Å². The second kappa shape index (κ2) is 8.80. The number of carbonyl (C=O) groups is 1. The third-order valence-electron chi connectivity index (χ3n) is 6.86. The first-order valence-electron chi connectivity index (χ1n) is 11.0. The predicted octanol–water partition coefficient (Wildman–Crippen LogP) is 5.02. The van der Waals surface area contributed by atoms with E-state index in [1.165, 1.54) is 6.42 Å². The SMILES string of the molecule is CCCCCN1C2CCC1(C(NC(=O)c1c(F)cncc1F)c1ccccc1)CC2. The molecule has 2 aliphatic heterocycles. The first kappa shape index (κ1) is 20.9. The highest BCUT2D eigenvalue weighted by atomic mass is 19.1. The summed E-state index contributed by atoms with van der Waals surface area (Å²) in [6.07, 6.45) is 9.37. The van der Waals surface area contributed by atoms with E-state index in [2.05, 4.69) is 22.1 Å². The Labute approximate surface area is 176 Å². The largest absolute Gasteiger partial charge is 0.343 e. The van der Waals surface area contributed by atoms with Crippen molar-refractivity contribution in [1.29, 1.82) is 0 Å². The summed E-state index contributed by atoms with van der Waals surface area (Å²) in [5.74, 6) is -2.60. The van der Waals surface area contributed by atoms with Crippen molar-refractivity contribution in [3.63, 3.8) is 0 Å². The Kier molecular flexibility index (Phi) is 6.14. The number of pyridine rings is 1. The highest BCUT2D eigenvalue weighted by molar-refractivity contribution is 5.95. The Morgan fingerprint density at radius 1 is 1.17 bits per heavy atom. The number of nitrogens with zero attached hydrogens (tertiary/aromatic N) is 2. The fourth-order valence-electron chi connectivity index (χ4n) is 5.46. The molecule has 0 radical (unpaired) electrons. The molecule has 1 N–H and O–H groups in total. The molecule has 1 aromatic heterocycles. The Bertz CT molecular complexity index is 861. The van der Waals surface area contributed by atoms with Crippen LogP contribution in [0.4, 0.5) is 8.78 Å². The van der Waals surface area contributed by atoms with Gasteiger partial charge in [-0.3, -0.25) is 14.7 Å². The number of unbranched alkanes of at least 4 members (excludes halogenated alkanes) is 2. The summed E-state index contributed by atoms with van der Waals surface area (Å²) in [7, 11) is 0. The summed E-state index contributed by atoms with van der Waals surface area (Å²) in [4.78, 5) is 19.1. The molecule has 30 heavy (non-hydrogen) atoms. The maximum absolute atomic E-state index is 14.2. The summed E-state index contributed by atoms with van der Waals surface area (Å²) in [6, 6.07) is 10.0. The summed E-state index contributed by atoms with van der Waals surface area (Å²) < 4.78 is 28.4. The zero-order chi connectivity index (χ0) is 21.1. The van der Waals surface area contributed by atoms with Crippen molar-refractivity contribution in [3.05, 3.63) is 65.5 Å².